The lowest BCUT2D eigenvalue weighted by molar-refractivity contribution is 0.672. The minimum Gasteiger partial charge on any atom is -0.335 e. The van der Waals surface area contributed by atoms with Crippen molar-refractivity contribution in [2.45, 2.75) is 46.1 Å². The molecule has 3 heteroatoms. The van der Waals surface area contributed by atoms with E-state index in [1.807, 2.05) is 0 Å². The van der Waals surface area contributed by atoms with E-state index in [2.05, 4.69) is 36.5 Å². The molecular weight excluding hydrogens is 174 g/mol. The standard InChI is InChI=1S/C11H21N3/c1-4-14-8-10(9(2)3)13-11(14)6-5-7-12/h8-9H,4-7,12H2,1-3H3. The summed E-state index contributed by atoms with van der Waals surface area (Å²) in [5.74, 6) is 1.70. The molecule has 0 radical (unpaired) electrons. The van der Waals surface area contributed by atoms with Crippen LogP contribution in [0.25, 0.3) is 0 Å². The van der Waals surface area contributed by atoms with Crippen molar-refractivity contribution in [2.24, 2.45) is 5.73 Å². The van der Waals surface area contributed by atoms with Crippen molar-refractivity contribution in [3.63, 3.8) is 0 Å². The van der Waals surface area contributed by atoms with Gasteiger partial charge in [-0.15, -0.1) is 0 Å². The first-order chi connectivity index (χ1) is 6.69. The summed E-state index contributed by atoms with van der Waals surface area (Å²) in [6.45, 7) is 8.25. The van der Waals surface area contributed by atoms with Gasteiger partial charge >= 0.3 is 0 Å². The van der Waals surface area contributed by atoms with E-state index in [1.165, 1.54) is 11.5 Å². The molecule has 0 aromatic carbocycles. The zero-order valence-electron chi connectivity index (χ0n) is 9.45. The fourth-order valence-electron chi connectivity index (χ4n) is 1.49. The van der Waals surface area contributed by atoms with Crippen molar-refractivity contribution < 1.29 is 0 Å². The molecule has 1 rings (SSSR count). The van der Waals surface area contributed by atoms with Gasteiger partial charge in [-0.25, -0.2) is 4.98 Å². The van der Waals surface area contributed by atoms with Gasteiger partial charge in [0.15, 0.2) is 0 Å². The van der Waals surface area contributed by atoms with E-state index in [9.17, 15) is 0 Å². The van der Waals surface area contributed by atoms with E-state index in [0.717, 1.165) is 25.9 Å². The molecule has 1 heterocycles. The molecule has 14 heavy (non-hydrogen) atoms. The average molecular weight is 195 g/mol. The lowest BCUT2D eigenvalue weighted by Crippen LogP contribution is -2.05. The van der Waals surface area contributed by atoms with Crippen LogP contribution in [0.1, 0.15) is 44.6 Å². The molecule has 0 spiro atoms. The molecule has 0 atom stereocenters. The summed E-state index contributed by atoms with van der Waals surface area (Å²) in [5, 5.41) is 0. The summed E-state index contributed by atoms with van der Waals surface area (Å²) in [4.78, 5) is 4.63. The fourth-order valence-corrected chi connectivity index (χ4v) is 1.49. The maximum atomic E-state index is 5.50. The molecule has 3 nitrogen and oxygen atoms in total. The van der Waals surface area contributed by atoms with Gasteiger partial charge in [0.2, 0.25) is 0 Å². The summed E-state index contributed by atoms with van der Waals surface area (Å²) in [7, 11) is 0. The zero-order valence-corrected chi connectivity index (χ0v) is 9.45. The molecule has 1 aromatic rings. The number of imidazole rings is 1. The highest BCUT2D eigenvalue weighted by atomic mass is 15.1. The summed E-state index contributed by atoms with van der Waals surface area (Å²) in [6, 6.07) is 0. The van der Waals surface area contributed by atoms with Gasteiger partial charge in [0.1, 0.15) is 5.82 Å². The van der Waals surface area contributed by atoms with Gasteiger partial charge in [-0.2, -0.15) is 0 Å². The Bertz CT molecular complexity index is 276. The molecule has 80 valence electrons. The Labute approximate surface area is 86.3 Å². The highest BCUT2D eigenvalue weighted by Crippen LogP contribution is 2.14. The Kier molecular flexibility index (Phi) is 4.14. The van der Waals surface area contributed by atoms with Gasteiger partial charge in [-0.1, -0.05) is 13.8 Å². The van der Waals surface area contributed by atoms with Crippen LogP contribution in [-0.2, 0) is 13.0 Å². The molecule has 1 aromatic heterocycles. The highest BCUT2D eigenvalue weighted by Gasteiger charge is 2.08. The van der Waals surface area contributed by atoms with Crippen molar-refractivity contribution in [1.82, 2.24) is 9.55 Å². The van der Waals surface area contributed by atoms with Gasteiger partial charge in [0, 0.05) is 19.2 Å². The predicted molar refractivity (Wildman–Crippen MR) is 59.4 cm³/mol. The topological polar surface area (TPSA) is 43.8 Å². The fraction of sp³-hybridized carbons (Fsp3) is 0.727. The molecule has 0 aliphatic rings. The van der Waals surface area contributed by atoms with Crippen LogP contribution >= 0.6 is 0 Å². The third-order valence-electron chi connectivity index (χ3n) is 2.41. The van der Waals surface area contributed by atoms with Crippen LogP contribution in [0.4, 0.5) is 0 Å². The number of aromatic nitrogens is 2. The Morgan fingerprint density at radius 2 is 2.21 bits per heavy atom. The molecule has 2 N–H and O–H groups in total. The van der Waals surface area contributed by atoms with Crippen LogP contribution in [0, 0.1) is 0 Å². The normalized spacial score (nSPS) is 11.2. The first-order valence-electron chi connectivity index (χ1n) is 5.45. The maximum Gasteiger partial charge on any atom is 0.109 e. The SMILES string of the molecule is CCn1cc(C(C)C)nc1CCCN. The van der Waals surface area contributed by atoms with E-state index >= 15 is 0 Å². The van der Waals surface area contributed by atoms with Gasteiger partial charge in [0.05, 0.1) is 5.69 Å². The molecular formula is C11H21N3. The third kappa shape index (κ3) is 2.58. The number of nitrogens with two attached hydrogens (primary N) is 1. The van der Waals surface area contributed by atoms with Crippen molar-refractivity contribution in [2.75, 3.05) is 6.54 Å². The van der Waals surface area contributed by atoms with Gasteiger partial charge < -0.3 is 10.3 Å². The molecule has 0 aliphatic carbocycles. The molecule has 0 unspecified atom stereocenters. The quantitative estimate of drug-likeness (QED) is 0.780. The molecule has 0 fully saturated rings. The number of rotatable bonds is 5. The lowest BCUT2D eigenvalue weighted by Gasteiger charge is -2.02. The van der Waals surface area contributed by atoms with Crippen molar-refractivity contribution >= 4 is 0 Å². The summed E-state index contributed by atoms with van der Waals surface area (Å²) in [5.41, 5.74) is 6.69. The minimum absolute atomic E-state index is 0.513. The van der Waals surface area contributed by atoms with E-state index < -0.39 is 0 Å². The van der Waals surface area contributed by atoms with E-state index in [0.29, 0.717) is 5.92 Å². The summed E-state index contributed by atoms with van der Waals surface area (Å²) >= 11 is 0. The Hall–Kier alpha value is -0.830. The molecule has 0 aliphatic heterocycles. The second-order valence-electron chi connectivity index (χ2n) is 3.91. The van der Waals surface area contributed by atoms with Gasteiger partial charge in [-0.05, 0) is 25.8 Å². The predicted octanol–water partition coefficient (Wildman–Crippen LogP) is 1.92. The zero-order chi connectivity index (χ0) is 10.6. The summed E-state index contributed by atoms with van der Waals surface area (Å²) in [6.07, 6.45) is 4.18. The van der Waals surface area contributed by atoms with E-state index in [1.54, 1.807) is 0 Å². The smallest absolute Gasteiger partial charge is 0.109 e. The van der Waals surface area contributed by atoms with E-state index in [-0.39, 0.29) is 0 Å². The van der Waals surface area contributed by atoms with Gasteiger partial charge in [-0.3, -0.25) is 0 Å². The first kappa shape index (κ1) is 11.2. The minimum atomic E-state index is 0.513. The van der Waals surface area contributed by atoms with Gasteiger partial charge in [0.25, 0.3) is 0 Å². The van der Waals surface area contributed by atoms with E-state index in [4.69, 9.17) is 5.73 Å². The lowest BCUT2D eigenvalue weighted by atomic mass is 10.2. The van der Waals surface area contributed by atoms with Crippen LogP contribution in [0.3, 0.4) is 0 Å². The van der Waals surface area contributed by atoms with Crippen LogP contribution in [0.15, 0.2) is 6.20 Å². The van der Waals surface area contributed by atoms with Crippen molar-refractivity contribution in [1.29, 1.82) is 0 Å². The average Bonchev–Trinajstić information content (AvgIpc) is 2.57. The first-order valence-corrected chi connectivity index (χ1v) is 5.45. The number of nitrogens with zero attached hydrogens (tertiary/aromatic N) is 2. The van der Waals surface area contributed by atoms with Crippen LogP contribution in [0.5, 0.6) is 0 Å². The van der Waals surface area contributed by atoms with Crippen LogP contribution < -0.4 is 5.73 Å². The second kappa shape index (κ2) is 5.15. The monoisotopic (exact) mass is 195 g/mol. The molecule has 0 amide bonds. The number of aryl methyl sites for hydroxylation is 2. The van der Waals surface area contributed by atoms with Crippen molar-refractivity contribution in [3.05, 3.63) is 17.7 Å². The molecule has 0 bridgehead atoms. The number of hydrogen-bond acceptors (Lipinski definition) is 2. The van der Waals surface area contributed by atoms with Crippen LogP contribution in [0.2, 0.25) is 0 Å². The second-order valence-corrected chi connectivity index (χ2v) is 3.91. The molecule has 0 saturated carbocycles. The van der Waals surface area contributed by atoms with Crippen molar-refractivity contribution in [3.8, 4) is 0 Å². The molecule has 0 saturated heterocycles. The summed E-state index contributed by atoms with van der Waals surface area (Å²) < 4.78 is 2.23. The third-order valence-corrected chi connectivity index (χ3v) is 2.41. The maximum absolute atomic E-state index is 5.50. The highest BCUT2D eigenvalue weighted by molar-refractivity contribution is 5.08. The Morgan fingerprint density at radius 1 is 1.50 bits per heavy atom. The Morgan fingerprint density at radius 3 is 2.71 bits per heavy atom. The Balaban J connectivity index is 2.79. The number of hydrogen-bond donors (Lipinski definition) is 1. The largest absolute Gasteiger partial charge is 0.335 e. The van der Waals surface area contributed by atoms with Crippen LogP contribution in [-0.4, -0.2) is 16.1 Å².